The highest BCUT2D eigenvalue weighted by atomic mass is 35.5. The van der Waals surface area contributed by atoms with Crippen LogP contribution < -0.4 is 16.4 Å². The zero-order valence-corrected chi connectivity index (χ0v) is 10.6. The fourth-order valence-corrected chi connectivity index (χ4v) is 1.60. The molecule has 17 heavy (non-hydrogen) atoms. The first kappa shape index (κ1) is 13.5. The highest BCUT2D eigenvalue weighted by Gasteiger charge is 2.17. The van der Waals surface area contributed by atoms with Crippen LogP contribution in [0.3, 0.4) is 0 Å². The normalized spacial score (nSPS) is 10.6. The third-order valence-electron chi connectivity index (χ3n) is 2.05. The fraction of sp³-hybridized carbons (Fsp3) is 0.500. The van der Waals surface area contributed by atoms with Crippen LogP contribution in [0.5, 0.6) is 0 Å². The van der Waals surface area contributed by atoms with E-state index in [0.717, 1.165) is 0 Å². The van der Waals surface area contributed by atoms with Crippen molar-refractivity contribution in [2.45, 2.75) is 13.8 Å². The predicted octanol–water partition coefficient (Wildman–Crippen LogP) is 0.660. The van der Waals surface area contributed by atoms with Crippen LogP contribution in [0, 0.1) is 5.92 Å². The van der Waals surface area contributed by atoms with Gasteiger partial charge in [-0.15, -0.1) is 0 Å². The van der Waals surface area contributed by atoms with E-state index in [1.165, 1.54) is 6.33 Å². The average molecular weight is 258 g/mol. The molecular formula is C10H16ClN5O. The van der Waals surface area contributed by atoms with Crippen molar-refractivity contribution in [2.24, 2.45) is 11.7 Å². The third kappa shape index (κ3) is 3.74. The molecule has 7 heteroatoms. The number of nitrogen functional groups attached to an aromatic ring is 1. The van der Waals surface area contributed by atoms with Gasteiger partial charge in [-0.3, -0.25) is 4.79 Å². The summed E-state index contributed by atoms with van der Waals surface area (Å²) in [5.41, 5.74) is 11.2. The number of anilines is 2. The molecule has 0 aliphatic heterocycles. The Bertz CT molecular complexity index is 410. The van der Waals surface area contributed by atoms with E-state index in [2.05, 4.69) is 9.97 Å². The molecule has 0 saturated carbocycles. The Morgan fingerprint density at radius 3 is 2.71 bits per heavy atom. The van der Waals surface area contributed by atoms with Gasteiger partial charge in [0.2, 0.25) is 5.91 Å². The van der Waals surface area contributed by atoms with Gasteiger partial charge in [0.25, 0.3) is 0 Å². The molecule has 94 valence electrons. The van der Waals surface area contributed by atoms with Crippen LogP contribution in [-0.2, 0) is 4.79 Å². The molecule has 1 amide bonds. The van der Waals surface area contributed by atoms with E-state index in [4.69, 9.17) is 23.1 Å². The van der Waals surface area contributed by atoms with Crippen LogP contribution in [0.1, 0.15) is 13.8 Å². The number of aromatic nitrogens is 2. The van der Waals surface area contributed by atoms with E-state index < -0.39 is 5.91 Å². The van der Waals surface area contributed by atoms with Gasteiger partial charge in [-0.25, -0.2) is 9.97 Å². The lowest BCUT2D eigenvalue weighted by molar-refractivity contribution is -0.116. The van der Waals surface area contributed by atoms with E-state index in [9.17, 15) is 4.79 Å². The maximum absolute atomic E-state index is 11.0. The van der Waals surface area contributed by atoms with E-state index in [0.29, 0.717) is 18.3 Å². The Hall–Kier alpha value is -1.56. The van der Waals surface area contributed by atoms with Crippen LogP contribution in [0.15, 0.2) is 6.33 Å². The molecule has 0 aliphatic carbocycles. The molecule has 4 N–H and O–H groups in total. The summed E-state index contributed by atoms with van der Waals surface area (Å²) < 4.78 is 0. The summed E-state index contributed by atoms with van der Waals surface area (Å²) in [7, 11) is 0. The van der Waals surface area contributed by atoms with E-state index in [-0.39, 0.29) is 17.4 Å². The van der Waals surface area contributed by atoms with Crippen LogP contribution in [0.4, 0.5) is 11.5 Å². The largest absolute Gasteiger partial charge is 0.393 e. The predicted molar refractivity (Wildman–Crippen MR) is 67.7 cm³/mol. The van der Waals surface area contributed by atoms with Gasteiger partial charge >= 0.3 is 0 Å². The van der Waals surface area contributed by atoms with Crippen molar-refractivity contribution in [3.63, 3.8) is 0 Å². The van der Waals surface area contributed by atoms with Crippen LogP contribution in [0.25, 0.3) is 0 Å². The zero-order valence-electron chi connectivity index (χ0n) is 9.85. The minimum absolute atomic E-state index is 0.0513. The Morgan fingerprint density at radius 1 is 1.53 bits per heavy atom. The number of carbonyl (C=O) groups is 1. The smallest absolute Gasteiger partial charge is 0.236 e. The highest BCUT2D eigenvalue weighted by molar-refractivity contribution is 6.32. The molecule has 0 bridgehead atoms. The second-order valence-electron chi connectivity index (χ2n) is 4.14. The lowest BCUT2D eigenvalue weighted by Gasteiger charge is -2.25. The summed E-state index contributed by atoms with van der Waals surface area (Å²) >= 11 is 5.81. The molecule has 1 rings (SSSR count). The first-order chi connectivity index (χ1) is 7.91. The second-order valence-corrected chi connectivity index (χ2v) is 4.50. The molecule has 0 spiro atoms. The molecule has 0 radical (unpaired) electrons. The second kappa shape index (κ2) is 5.67. The van der Waals surface area contributed by atoms with Gasteiger partial charge in [-0.1, -0.05) is 25.4 Å². The first-order valence-corrected chi connectivity index (χ1v) is 5.58. The molecule has 0 atom stereocenters. The molecule has 0 saturated heterocycles. The van der Waals surface area contributed by atoms with Gasteiger partial charge in [0.1, 0.15) is 12.0 Å². The van der Waals surface area contributed by atoms with Gasteiger partial charge < -0.3 is 16.4 Å². The molecule has 6 nitrogen and oxygen atoms in total. The van der Waals surface area contributed by atoms with Crippen molar-refractivity contribution < 1.29 is 4.79 Å². The van der Waals surface area contributed by atoms with Gasteiger partial charge in [-0.2, -0.15) is 0 Å². The van der Waals surface area contributed by atoms with Crippen molar-refractivity contribution >= 4 is 29.0 Å². The lowest BCUT2D eigenvalue weighted by atomic mass is 10.2. The third-order valence-corrected chi connectivity index (χ3v) is 2.35. The van der Waals surface area contributed by atoms with Gasteiger partial charge in [-0.05, 0) is 5.92 Å². The number of carbonyl (C=O) groups excluding carboxylic acids is 1. The monoisotopic (exact) mass is 257 g/mol. The summed E-state index contributed by atoms with van der Waals surface area (Å²) in [5.74, 6) is 0.333. The Balaban J connectivity index is 3.03. The SMILES string of the molecule is CC(C)CN(CC(N)=O)c1ncnc(Cl)c1N. The summed E-state index contributed by atoms with van der Waals surface area (Å²) in [6.07, 6.45) is 1.31. The van der Waals surface area contributed by atoms with Crippen LogP contribution in [0.2, 0.25) is 5.15 Å². The molecule has 0 unspecified atom stereocenters. The summed E-state index contributed by atoms with van der Waals surface area (Å²) in [4.78, 5) is 20.5. The number of halogens is 1. The molecule has 1 aromatic rings. The quantitative estimate of drug-likeness (QED) is 0.755. The van der Waals surface area contributed by atoms with Crippen LogP contribution >= 0.6 is 11.6 Å². The number of primary amides is 1. The number of nitrogens with two attached hydrogens (primary N) is 2. The Kier molecular flexibility index (Phi) is 4.51. The highest BCUT2D eigenvalue weighted by Crippen LogP contribution is 2.25. The Labute approximate surface area is 105 Å². The minimum Gasteiger partial charge on any atom is -0.393 e. The number of hydrogen-bond acceptors (Lipinski definition) is 5. The number of hydrogen-bond donors (Lipinski definition) is 2. The summed E-state index contributed by atoms with van der Waals surface area (Å²) in [5, 5.41) is 0.174. The maximum Gasteiger partial charge on any atom is 0.236 e. The van der Waals surface area contributed by atoms with E-state index >= 15 is 0 Å². The van der Waals surface area contributed by atoms with Crippen molar-refractivity contribution in [3.05, 3.63) is 11.5 Å². The van der Waals surface area contributed by atoms with Gasteiger partial charge in [0.15, 0.2) is 11.0 Å². The van der Waals surface area contributed by atoms with Gasteiger partial charge in [0, 0.05) is 6.54 Å². The molecular weight excluding hydrogens is 242 g/mol. The van der Waals surface area contributed by atoms with E-state index in [1.807, 2.05) is 13.8 Å². The lowest BCUT2D eigenvalue weighted by Crippen LogP contribution is -2.37. The minimum atomic E-state index is -0.445. The van der Waals surface area contributed by atoms with Crippen molar-refractivity contribution in [1.29, 1.82) is 0 Å². The Morgan fingerprint density at radius 2 is 2.18 bits per heavy atom. The summed E-state index contributed by atoms with van der Waals surface area (Å²) in [6.45, 7) is 4.70. The van der Waals surface area contributed by atoms with E-state index in [1.54, 1.807) is 4.90 Å². The first-order valence-electron chi connectivity index (χ1n) is 5.21. The van der Waals surface area contributed by atoms with Crippen molar-refractivity contribution in [1.82, 2.24) is 9.97 Å². The number of nitrogens with zero attached hydrogens (tertiary/aromatic N) is 3. The molecule has 0 aliphatic rings. The van der Waals surface area contributed by atoms with Crippen molar-refractivity contribution in [2.75, 3.05) is 23.7 Å². The fourth-order valence-electron chi connectivity index (χ4n) is 1.47. The number of rotatable bonds is 5. The average Bonchev–Trinajstić information content (AvgIpc) is 2.19. The number of amides is 1. The maximum atomic E-state index is 11.0. The molecule has 1 heterocycles. The standard InChI is InChI=1S/C10H16ClN5O/c1-6(2)3-16(4-7(12)17)10-8(13)9(11)14-5-15-10/h5-6H,3-4,13H2,1-2H3,(H2,12,17). The molecule has 0 aromatic carbocycles. The molecule has 0 fully saturated rings. The topological polar surface area (TPSA) is 98.1 Å². The zero-order chi connectivity index (χ0) is 13.0. The van der Waals surface area contributed by atoms with Crippen molar-refractivity contribution in [3.8, 4) is 0 Å². The summed E-state index contributed by atoms with van der Waals surface area (Å²) in [6, 6.07) is 0. The van der Waals surface area contributed by atoms with Gasteiger partial charge in [0.05, 0.1) is 6.54 Å². The van der Waals surface area contributed by atoms with Crippen LogP contribution in [-0.4, -0.2) is 29.0 Å². The molecule has 1 aromatic heterocycles.